The molecule has 2 saturated heterocycles. The van der Waals surface area contributed by atoms with E-state index in [1.165, 1.54) is 16.0 Å². The van der Waals surface area contributed by atoms with E-state index < -0.39 is 0 Å². The van der Waals surface area contributed by atoms with Gasteiger partial charge in [0.15, 0.2) is 0 Å². The average molecular weight is 511 g/mol. The molecule has 1 N–H and O–H groups in total. The van der Waals surface area contributed by atoms with Gasteiger partial charge in [0.2, 0.25) is 11.8 Å². The Labute approximate surface area is 215 Å². The molecule has 2 aliphatic rings. The number of likely N-dealkylation sites (tertiary alicyclic amines) is 1. The molecule has 0 aliphatic carbocycles. The second-order valence-corrected chi connectivity index (χ2v) is 11.6. The summed E-state index contributed by atoms with van der Waals surface area (Å²) in [5.74, 6) is -0.425. The van der Waals surface area contributed by atoms with Gasteiger partial charge in [0.05, 0.1) is 16.8 Å². The smallest absolute Gasteiger partial charge is 0.232 e. The van der Waals surface area contributed by atoms with E-state index in [4.69, 9.17) is 11.6 Å². The molecular formula is C27H31ClN4O2S. The lowest BCUT2D eigenvalue weighted by molar-refractivity contribution is -0.139. The minimum absolute atomic E-state index is 0.0900. The number of rotatable bonds is 5. The number of thiophene rings is 1. The van der Waals surface area contributed by atoms with Gasteiger partial charge in [-0.3, -0.25) is 24.4 Å². The van der Waals surface area contributed by atoms with Gasteiger partial charge in [-0.2, -0.15) is 0 Å². The number of hydrogen-bond acceptors (Lipinski definition) is 6. The molecule has 0 radical (unpaired) electrons. The Morgan fingerprint density at radius 1 is 1.14 bits per heavy atom. The first-order valence-corrected chi connectivity index (χ1v) is 13.4. The lowest BCUT2D eigenvalue weighted by atomic mass is 9.95. The Bertz CT molecular complexity index is 1310. The fraction of sp³-hybridized carbons (Fsp3) is 0.444. The highest BCUT2D eigenvalue weighted by Crippen LogP contribution is 2.39. The monoisotopic (exact) mass is 510 g/mol. The molecule has 8 heteroatoms. The second kappa shape index (κ2) is 9.62. The van der Waals surface area contributed by atoms with Crippen LogP contribution in [-0.4, -0.2) is 51.8 Å². The SMILES string of the molecule is Cc1cc(Cl)cc(-c2ccnc3cc(CN4C(=O)CC(C)C4=O)sc23)c1CN1CC(C)NCC1C. The summed E-state index contributed by atoms with van der Waals surface area (Å²) in [5, 5.41) is 4.28. The zero-order valence-corrected chi connectivity index (χ0v) is 22.2. The van der Waals surface area contributed by atoms with Crippen molar-refractivity contribution >= 4 is 45.0 Å². The Hall–Kier alpha value is -2.32. The number of carbonyl (C=O) groups is 2. The van der Waals surface area contributed by atoms with Crippen molar-refractivity contribution in [3.8, 4) is 11.1 Å². The van der Waals surface area contributed by atoms with Crippen LogP contribution in [0, 0.1) is 12.8 Å². The number of nitrogens with one attached hydrogen (secondary N) is 1. The molecule has 0 bridgehead atoms. The quantitative estimate of drug-likeness (QED) is 0.489. The Kier molecular flexibility index (Phi) is 6.70. The fourth-order valence-corrected chi connectivity index (χ4v) is 6.59. The fourth-order valence-electron chi connectivity index (χ4n) is 5.19. The summed E-state index contributed by atoms with van der Waals surface area (Å²) in [6, 6.07) is 9.05. The molecule has 2 aliphatic heterocycles. The maximum Gasteiger partial charge on any atom is 0.232 e. The number of fused-ring (bicyclic) bond motifs is 1. The first-order chi connectivity index (χ1) is 16.7. The van der Waals surface area contributed by atoms with Gasteiger partial charge in [-0.1, -0.05) is 18.5 Å². The largest absolute Gasteiger partial charge is 0.311 e. The van der Waals surface area contributed by atoms with Crippen molar-refractivity contribution in [2.75, 3.05) is 13.1 Å². The van der Waals surface area contributed by atoms with Crippen LogP contribution in [0.5, 0.6) is 0 Å². The van der Waals surface area contributed by atoms with Gasteiger partial charge in [-0.05, 0) is 61.7 Å². The molecule has 2 fully saturated rings. The lowest BCUT2D eigenvalue weighted by Gasteiger charge is -2.38. The molecule has 35 heavy (non-hydrogen) atoms. The van der Waals surface area contributed by atoms with Gasteiger partial charge in [0.1, 0.15) is 0 Å². The summed E-state index contributed by atoms with van der Waals surface area (Å²) in [6.07, 6.45) is 2.12. The lowest BCUT2D eigenvalue weighted by Crippen LogP contribution is -2.53. The van der Waals surface area contributed by atoms with Crippen molar-refractivity contribution in [2.45, 2.75) is 59.3 Å². The van der Waals surface area contributed by atoms with E-state index in [0.29, 0.717) is 30.1 Å². The van der Waals surface area contributed by atoms with E-state index in [9.17, 15) is 9.59 Å². The van der Waals surface area contributed by atoms with Crippen molar-refractivity contribution in [3.05, 3.63) is 51.5 Å². The number of aryl methyl sites for hydroxylation is 1. The van der Waals surface area contributed by atoms with Crippen molar-refractivity contribution < 1.29 is 9.59 Å². The molecule has 6 nitrogen and oxygen atoms in total. The minimum atomic E-state index is -0.238. The standard InChI is InChI=1S/C27H31ClN4O2S/c1-15-7-19(28)9-22(23(15)14-31-12-17(3)30-11-18(31)4)21-5-6-29-24-10-20(35-26(21)24)13-32-25(33)8-16(2)27(32)34/h5-7,9-10,16-18,30H,8,11-14H2,1-4H3. The molecular weight excluding hydrogens is 480 g/mol. The third-order valence-electron chi connectivity index (χ3n) is 7.23. The van der Waals surface area contributed by atoms with Gasteiger partial charge in [-0.15, -0.1) is 11.3 Å². The van der Waals surface area contributed by atoms with Crippen LogP contribution in [-0.2, 0) is 22.7 Å². The van der Waals surface area contributed by atoms with Crippen LogP contribution in [0.1, 0.15) is 43.2 Å². The molecule has 0 saturated carbocycles. The number of piperazine rings is 1. The van der Waals surface area contributed by atoms with E-state index in [1.807, 2.05) is 25.3 Å². The third kappa shape index (κ3) is 4.75. The highest BCUT2D eigenvalue weighted by atomic mass is 35.5. The number of halogens is 1. The van der Waals surface area contributed by atoms with E-state index in [-0.39, 0.29) is 17.7 Å². The summed E-state index contributed by atoms with van der Waals surface area (Å²) in [6.45, 7) is 11.6. The average Bonchev–Trinajstić information content (AvgIpc) is 3.33. The van der Waals surface area contributed by atoms with E-state index >= 15 is 0 Å². The molecule has 5 rings (SSSR count). The Balaban J connectivity index is 1.54. The van der Waals surface area contributed by atoms with Gasteiger partial charge in [0, 0.05) is 65.7 Å². The molecule has 2 aromatic heterocycles. The summed E-state index contributed by atoms with van der Waals surface area (Å²) in [4.78, 5) is 34.3. The van der Waals surface area contributed by atoms with Gasteiger partial charge >= 0.3 is 0 Å². The first-order valence-electron chi connectivity index (χ1n) is 12.2. The Morgan fingerprint density at radius 3 is 2.69 bits per heavy atom. The van der Waals surface area contributed by atoms with Crippen LogP contribution in [0.25, 0.3) is 21.3 Å². The number of amides is 2. The second-order valence-electron chi connectivity index (χ2n) is 10.0. The van der Waals surface area contributed by atoms with Crippen molar-refractivity contribution in [1.29, 1.82) is 0 Å². The van der Waals surface area contributed by atoms with Gasteiger partial charge in [-0.25, -0.2) is 0 Å². The molecule has 4 heterocycles. The van der Waals surface area contributed by atoms with Crippen LogP contribution in [0.2, 0.25) is 5.02 Å². The van der Waals surface area contributed by atoms with Crippen LogP contribution in [0.15, 0.2) is 30.5 Å². The number of benzene rings is 1. The van der Waals surface area contributed by atoms with Gasteiger partial charge < -0.3 is 5.32 Å². The summed E-state index contributed by atoms with van der Waals surface area (Å²) in [7, 11) is 0. The zero-order chi connectivity index (χ0) is 24.9. The number of imide groups is 1. The van der Waals surface area contributed by atoms with Crippen molar-refractivity contribution in [3.63, 3.8) is 0 Å². The van der Waals surface area contributed by atoms with Crippen molar-refractivity contribution in [2.24, 2.45) is 5.92 Å². The molecule has 0 spiro atoms. The number of carbonyl (C=O) groups excluding carboxylic acids is 2. The van der Waals surface area contributed by atoms with Crippen LogP contribution >= 0.6 is 22.9 Å². The Morgan fingerprint density at radius 2 is 1.94 bits per heavy atom. The zero-order valence-electron chi connectivity index (χ0n) is 20.6. The predicted octanol–water partition coefficient (Wildman–Crippen LogP) is 5.00. The van der Waals surface area contributed by atoms with Crippen LogP contribution < -0.4 is 5.32 Å². The minimum Gasteiger partial charge on any atom is -0.311 e. The van der Waals surface area contributed by atoms with E-state index in [1.54, 1.807) is 11.3 Å². The number of pyridine rings is 1. The van der Waals surface area contributed by atoms with E-state index in [0.717, 1.165) is 45.9 Å². The maximum atomic E-state index is 12.5. The van der Waals surface area contributed by atoms with Gasteiger partial charge in [0.25, 0.3) is 0 Å². The van der Waals surface area contributed by atoms with Crippen LogP contribution in [0.4, 0.5) is 0 Å². The summed E-state index contributed by atoms with van der Waals surface area (Å²) < 4.78 is 1.05. The van der Waals surface area contributed by atoms with E-state index in [2.05, 4.69) is 48.1 Å². The van der Waals surface area contributed by atoms with Crippen molar-refractivity contribution in [1.82, 2.24) is 20.1 Å². The van der Waals surface area contributed by atoms with Crippen LogP contribution in [0.3, 0.4) is 0 Å². The molecule has 1 aromatic carbocycles. The molecule has 3 atom stereocenters. The normalized spacial score (nSPS) is 23.6. The number of aromatic nitrogens is 1. The summed E-state index contributed by atoms with van der Waals surface area (Å²) in [5.41, 5.74) is 5.54. The first kappa shape index (κ1) is 24.4. The third-order valence-corrected chi connectivity index (χ3v) is 8.59. The molecule has 3 unspecified atom stereocenters. The maximum absolute atomic E-state index is 12.5. The molecule has 2 amide bonds. The number of hydrogen-bond donors (Lipinski definition) is 1. The highest BCUT2D eigenvalue weighted by molar-refractivity contribution is 7.19. The highest BCUT2D eigenvalue weighted by Gasteiger charge is 2.35. The molecule has 184 valence electrons. The number of nitrogens with zero attached hydrogens (tertiary/aromatic N) is 3. The topological polar surface area (TPSA) is 65.5 Å². The predicted molar refractivity (Wildman–Crippen MR) is 141 cm³/mol. The summed E-state index contributed by atoms with van der Waals surface area (Å²) >= 11 is 8.17. The molecule has 3 aromatic rings.